The zero-order chi connectivity index (χ0) is 10.7. The Hall–Kier alpha value is -1.64. The number of rotatable bonds is 2. The SMILES string of the molecule is CCc1ccc(C2=NCCC(N)=N2)cc1. The summed E-state index contributed by atoms with van der Waals surface area (Å²) in [5.41, 5.74) is 8.06. The van der Waals surface area contributed by atoms with Crippen molar-refractivity contribution < 1.29 is 0 Å². The predicted octanol–water partition coefficient (Wildman–Crippen LogP) is 1.76. The van der Waals surface area contributed by atoms with Gasteiger partial charge in [-0.3, -0.25) is 4.99 Å². The summed E-state index contributed by atoms with van der Waals surface area (Å²) >= 11 is 0. The van der Waals surface area contributed by atoms with E-state index in [-0.39, 0.29) is 0 Å². The van der Waals surface area contributed by atoms with E-state index in [0.29, 0.717) is 5.84 Å². The summed E-state index contributed by atoms with van der Waals surface area (Å²) in [4.78, 5) is 8.61. The Balaban J connectivity index is 2.26. The van der Waals surface area contributed by atoms with Crippen LogP contribution >= 0.6 is 0 Å². The minimum absolute atomic E-state index is 0.680. The number of hydrogen-bond donors (Lipinski definition) is 1. The molecule has 1 aromatic carbocycles. The van der Waals surface area contributed by atoms with Gasteiger partial charge in [-0.1, -0.05) is 31.2 Å². The lowest BCUT2D eigenvalue weighted by Gasteiger charge is -2.09. The van der Waals surface area contributed by atoms with Crippen molar-refractivity contribution in [2.24, 2.45) is 15.7 Å². The largest absolute Gasteiger partial charge is 0.387 e. The van der Waals surface area contributed by atoms with E-state index in [9.17, 15) is 0 Å². The third kappa shape index (κ3) is 2.24. The molecule has 1 aliphatic heterocycles. The Labute approximate surface area is 89.7 Å². The molecule has 0 aliphatic carbocycles. The molecule has 1 aliphatic rings. The molecular weight excluding hydrogens is 186 g/mol. The van der Waals surface area contributed by atoms with E-state index in [1.807, 2.05) is 0 Å². The number of nitrogens with zero attached hydrogens (tertiary/aromatic N) is 2. The molecule has 2 rings (SSSR count). The van der Waals surface area contributed by atoms with Gasteiger partial charge in [-0.25, -0.2) is 4.99 Å². The van der Waals surface area contributed by atoms with Crippen LogP contribution in [0.1, 0.15) is 24.5 Å². The lowest BCUT2D eigenvalue weighted by molar-refractivity contribution is 1.00. The average molecular weight is 201 g/mol. The fourth-order valence-electron chi connectivity index (χ4n) is 1.55. The van der Waals surface area contributed by atoms with Crippen molar-refractivity contribution in [3.05, 3.63) is 35.4 Å². The van der Waals surface area contributed by atoms with Crippen LogP contribution in [0.15, 0.2) is 34.3 Å². The smallest absolute Gasteiger partial charge is 0.156 e. The standard InChI is InChI=1S/C12H15N3/c1-2-9-3-5-10(6-4-9)12-14-8-7-11(13)15-12/h3-6H,2,7-8H2,1H3,(H2,13,14,15). The van der Waals surface area contributed by atoms with Crippen LogP contribution in [0.5, 0.6) is 0 Å². The van der Waals surface area contributed by atoms with Gasteiger partial charge in [0, 0.05) is 18.5 Å². The van der Waals surface area contributed by atoms with Gasteiger partial charge < -0.3 is 5.73 Å². The fourth-order valence-corrected chi connectivity index (χ4v) is 1.55. The van der Waals surface area contributed by atoms with Crippen LogP contribution in [0, 0.1) is 0 Å². The summed E-state index contributed by atoms with van der Waals surface area (Å²) in [5.74, 6) is 1.45. The molecule has 0 radical (unpaired) electrons. The first-order chi connectivity index (χ1) is 7.29. The van der Waals surface area contributed by atoms with Crippen molar-refractivity contribution in [3.8, 4) is 0 Å². The zero-order valence-electron chi connectivity index (χ0n) is 8.90. The Morgan fingerprint density at radius 2 is 2.00 bits per heavy atom. The molecule has 0 unspecified atom stereocenters. The van der Waals surface area contributed by atoms with Gasteiger partial charge in [0.15, 0.2) is 5.84 Å². The Kier molecular flexibility index (Phi) is 2.81. The fraction of sp³-hybridized carbons (Fsp3) is 0.333. The molecule has 0 atom stereocenters. The molecule has 3 nitrogen and oxygen atoms in total. The van der Waals surface area contributed by atoms with Gasteiger partial charge in [-0.05, 0) is 12.0 Å². The minimum Gasteiger partial charge on any atom is -0.387 e. The van der Waals surface area contributed by atoms with Crippen LogP contribution in [0.2, 0.25) is 0 Å². The lowest BCUT2D eigenvalue weighted by atomic mass is 10.1. The van der Waals surface area contributed by atoms with Crippen molar-refractivity contribution in [2.45, 2.75) is 19.8 Å². The van der Waals surface area contributed by atoms with E-state index in [1.165, 1.54) is 5.56 Å². The Bertz CT molecular complexity index is 401. The highest BCUT2D eigenvalue weighted by molar-refractivity contribution is 6.07. The average Bonchev–Trinajstić information content (AvgIpc) is 2.29. The van der Waals surface area contributed by atoms with Crippen LogP contribution in [0.3, 0.4) is 0 Å². The second-order valence-electron chi connectivity index (χ2n) is 3.61. The van der Waals surface area contributed by atoms with Crippen molar-refractivity contribution in [3.63, 3.8) is 0 Å². The van der Waals surface area contributed by atoms with Crippen molar-refractivity contribution in [2.75, 3.05) is 6.54 Å². The molecule has 0 saturated carbocycles. The molecule has 3 heteroatoms. The molecule has 1 aromatic rings. The molecule has 0 fully saturated rings. The number of amidine groups is 2. The molecule has 15 heavy (non-hydrogen) atoms. The maximum Gasteiger partial charge on any atom is 0.156 e. The highest BCUT2D eigenvalue weighted by Gasteiger charge is 2.07. The molecule has 2 N–H and O–H groups in total. The molecular formula is C12H15N3. The van der Waals surface area contributed by atoms with Gasteiger partial charge in [0.1, 0.15) is 5.84 Å². The van der Waals surface area contributed by atoms with Gasteiger partial charge >= 0.3 is 0 Å². The van der Waals surface area contributed by atoms with Gasteiger partial charge in [-0.15, -0.1) is 0 Å². The van der Waals surface area contributed by atoms with Gasteiger partial charge in [-0.2, -0.15) is 0 Å². The number of nitrogens with two attached hydrogens (primary N) is 1. The van der Waals surface area contributed by atoms with E-state index in [0.717, 1.165) is 30.8 Å². The van der Waals surface area contributed by atoms with Crippen molar-refractivity contribution in [1.82, 2.24) is 0 Å². The normalized spacial score (nSPS) is 15.8. The van der Waals surface area contributed by atoms with Crippen LogP contribution in [-0.4, -0.2) is 18.2 Å². The first-order valence-electron chi connectivity index (χ1n) is 5.26. The molecule has 1 heterocycles. The molecule has 78 valence electrons. The summed E-state index contributed by atoms with van der Waals surface area (Å²) in [5, 5.41) is 0. The summed E-state index contributed by atoms with van der Waals surface area (Å²) in [7, 11) is 0. The summed E-state index contributed by atoms with van der Waals surface area (Å²) in [6.07, 6.45) is 1.83. The van der Waals surface area contributed by atoms with E-state index in [2.05, 4.69) is 41.2 Å². The van der Waals surface area contributed by atoms with Gasteiger partial charge in [0.05, 0.1) is 0 Å². The lowest BCUT2D eigenvalue weighted by Crippen LogP contribution is -2.20. The van der Waals surface area contributed by atoms with Crippen LogP contribution in [0.4, 0.5) is 0 Å². The summed E-state index contributed by atoms with van der Waals surface area (Å²) < 4.78 is 0. The Morgan fingerprint density at radius 3 is 2.60 bits per heavy atom. The third-order valence-electron chi connectivity index (χ3n) is 2.50. The van der Waals surface area contributed by atoms with Crippen molar-refractivity contribution in [1.29, 1.82) is 0 Å². The summed E-state index contributed by atoms with van der Waals surface area (Å²) in [6.45, 7) is 2.89. The van der Waals surface area contributed by atoms with Crippen molar-refractivity contribution >= 4 is 11.7 Å². The maximum atomic E-state index is 5.69. The van der Waals surface area contributed by atoms with E-state index < -0.39 is 0 Å². The van der Waals surface area contributed by atoms with Gasteiger partial charge in [0.25, 0.3) is 0 Å². The molecule has 0 saturated heterocycles. The van der Waals surface area contributed by atoms with Crippen LogP contribution < -0.4 is 5.73 Å². The topological polar surface area (TPSA) is 50.7 Å². The minimum atomic E-state index is 0.680. The third-order valence-corrected chi connectivity index (χ3v) is 2.50. The predicted molar refractivity (Wildman–Crippen MR) is 63.5 cm³/mol. The molecule has 0 bridgehead atoms. The first kappa shape index (κ1) is 9.90. The first-order valence-corrected chi connectivity index (χ1v) is 5.26. The highest BCUT2D eigenvalue weighted by atomic mass is 15.0. The monoisotopic (exact) mass is 201 g/mol. The number of benzene rings is 1. The highest BCUT2D eigenvalue weighted by Crippen LogP contribution is 2.09. The number of hydrogen-bond acceptors (Lipinski definition) is 3. The molecule has 0 aromatic heterocycles. The van der Waals surface area contributed by atoms with E-state index in [1.54, 1.807) is 0 Å². The molecule has 0 spiro atoms. The van der Waals surface area contributed by atoms with E-state index in [4.69, 9.17) is 5.73 Å². The summed E-state index contributed by atoms with van der Waals surface area (Å²) in [6, 6.07) is 8.33. The number of aliphatic imine (C=N–C) groups is 2. The van der Waals surface area contributed by atoms with Gasteiger partial charge in [0.2, 0.25) is 0 Å². The second kappa shape index (κ2) is 4.26. The second-order valence-corrected chi connectivity index (χ2v) is 3.61. The maximum absolute atomic E-state index is 5.69. The zero-order valence-corrected chi connectivity index (χ0v) is 8.90. The molecule has 0 amide bonds. The Morgan fingerprint density at radius 1 is 1.27 bits per heavy atom. The number of aryl methyl sites for hydroxylation is 1. The van der Waals surface area contributed by atoms with Crippen LogP contribution in [0.25, 0.3) is 0 Å². The quantitative estimate of drug-likeness (QED) is 0.778. The van der Waals surface area contributed by atoms with Crippen LogP contribution in [-0.2, 0) is 6.42 Å². The van der Waals surface area contributed by atoms with E-state index >= 15 is 0 Å².